The molecule has 1 aliphatic heterocycles. The van der Waals surface area contributed by atoms with E-state index in [0.29, 0.717) is 34.5 Å². The van der Waals surface area contributed by atoms with Crippen molar-refractivity contribution in [1.29, 1.82) is 0 Å². The summed E-state index contributed by atoms with van der Waals surface area (Å²) in [4.78, 5) is 25.7. The first-order chi connectivity index (χ1) is 14.5. The van der Waals surface area contributed by atoms with Crippen LogP contribution in [0.1, 0.15) is 58.5 Å². The lowest BCUT2D eigenvalue weighted by atomic mass is 10.0. The summed E-state index contributed by atoms with van der Waals surface area (Å²) in [6.45, 7) is 6.70. The second-order valence-electron chi connectivity index (χ2n) is 7.40. The second-order valence-corrected chi connectivity index (χ2v) is 7.40. The van der Waals surface area contributed by atoms with Crippen molar-refractivity contribution in [2.45, 2.75) is 33.2 Å². The van der Waals surface area contributed by atoms with Gasteiger partial charge in [-0.05, 0) is 42.7 Å². The number of fused-ring (bicyclic) bond motifs is 1. The molecule has 0 aliphatic carbocycles. The quantitative estimate of drug-likeness (QED) is 0.535. The maximum absolute atomic E-state index is 12.8. The zero-order valence-corrected chi connectivity index (χ0v) is 17.6. The van der Waals surface area contributed by atoms with Crippen molar-refractivity contribution in [2.75, 3.05) is 20.2 Å². The molecule has 158 valence electrons. The second kappa shape index (κ2) is 9.59. The van der Waals surface area contributed by atoms with Gasteiger partial charge in [0.1, 0.15) is 12.3 Å². The Morgan fingerprint density at radius 1 is 1.10 bits per heavy atom. The summed E-state index contributed by atoms with van der Waals surface area (Å²) in [6, 6.07) is 9.69. The molecule has 0 saturated carbocycles. The highest BCUT2D eigenvalue weighted by Crippen LogP contribution is 2.38. The predicted molar refractivity (Wildman–Crippen MR) is 112 cm³/mol. The monoisotopic (exact) mass is 409 g/mol. The summed E-state index contributed by atoms with van der Waals surface area (Å²) in [6.07, 6.45) is 3.66. The SMILES string of the molecule is CCC[NH+](CCC)Cc1c([O-])ccc2c1OC(=Cc1ccc(C(=O)OC)cc1)C2=O. The van der Waals surface area contributed by atoms with Gasteiger partial charge in [0.15, 0.2) is 5.76 Å². The number of hydrogen-bond acceptors (Lipinski definition) is 5. The molecule has 0 aromatic heterocycles. The van der Waals surface area contributed by atoms with E-state index in [-0.39, 0.29) is 17.3 Å². The Hall–Kier alpha value is -3.12. The molecule has 0 amide bonds. The highest BCUT2D eigenvalue weighted by Gasteiger charge is 2.31. The van der Waals surface area contributed by atoms with Gasteiger partial charge in [-0.1, -0.05) is 37.8 Å². The van der Waals surface area contributed by atoms with Crippen LogP contribution in [-0.4, -0.2) is 32.0 Å². The zero-order valence-electron chi connectivity index (χ0n) is 17.6. The number of rotatable bonds is 8. The predicted octanol–water partition coefficient (Wildman–Crippen LogP) is 2.37. The topological polar surface area (TPSA) is 80.1 Å². The van der Waals surface area contributed by atoms with Gasteiger partial charge in [-0.25, -0.2) is 4.79 Å². The zero-order chi connectivity index (χ0) is 21.7. The van der Waals surface area contributed by atoms with Crippen LogP contribution in [0.15, 0.2) is 42.2 Å². The molecular formula is C24H27NO5. The van der Waals surface area contributed by atoms with Crippen molar-refractivity contribution in [2.24, 2.45) is 0 Å². The van der Waals surface area contributed by atoms with Gasteiger partial charge in [0.2, 0.25) is 5.78 Å². The average molecular weight is 409 g/mol. The largest absolute Gasteiger partial charge is 0.872 e. The molecule has 6 nitrogen and oxygen atoms in total. The third kappa shape index (κ3) is 4.54. The molecule has 0 fully saturated rings. The Morgan fingerprint density at radius 2 is 1.77 bits per heavy atom. The van der Waals surface area contributed by atoms with Crippen LogP contribution in [0.2, 0.25) is 0 Å². The lowest BCUT2D eigenvalue weighted by molar-refractivity contribution is -0.914. The minimum Gasteiger partial charge on any atom is -0.872 e. The van der Waals surface area contributed by atoms with E-state index in [2.05, 4.69) is 13.8 Å². The van der Waals surface area contributed by atoms with Crippen molar-refractivity contribution in [3.63, 3.8) is 0 Å². The number of methoxy groups -OCH3 is 1. The number of benzene rings is 2. The molecule has 1 heterocycles. The van der Waals surface area contributed by atoms with Crippen molar-refractivity contribution in [3.8, 4) is 11.5 Å². The smallest absolute Gasteiger partial charge is 0.337 e. The lowest BCUT2D eigenvalue weighted by Gasteiger charge is -2.23. The fourth-order valence-electron chi connectivity index (χ4n) is 3.70. The Kier molecular flexibility index (Phi) is 6.90. The van der Waals surface area contributed by atoms with E-state index in [1.807, 2.05) is 0 Å². The van der Waals surface area contributed by atoms with Crippen molar-refractivity contribution >= 4 is 17.8 Å². The van der Waals surface area contributed by atoms with Gasteiger partial charge >= 0.3 is 5.97 Å². The molecule has 0 saturated heterocycles. The number of Topliss-reactive ketones (excluding diaryl/α,β-unsaturated/α-hetero) is 1. The number of esters is 1. The van der Waals surface area contributed by atoms with E-state index < -0.39 is 5.97 Å². The third-order valence-corrected chi connectivity index (χ3v) is 5.16. The van der Waals surface area contributed by atoms with Crippen LogP contribution in [0, 0.1) is 0 Å². The van der Waals surface area contributed by atoms with Gasteiger partial charge in [-0.15, -0.1) is 0 Å². The molecule has 3 rings (SSSR count). The standard InChI is InChI=1S/C24H27NO5/c1-4-12-25(13-5-2)15-19-20(26)11-10-18-22(27)21(30-23(18)19)14-16-6-8-17(9-7-16)24(28)29-3/h6-11,14,26H,4-5,12-13,15H2,1-3H3. The van der Waals surface area contributed by atoms with Gasteiger partial charge in [-0.2, -0.15) is 0 Å². The molecule has 0 unspecified atom stereocenters. The summed E-state index contributed by atoms with van der Waals surface area (Å²) in [5.74, 6) is -0.204. The average Bonchev–Trinajstić information content (AvgIpc) is 3.06. The van der Waals surface area contributed by atoms with Gasteiger partial charge in [0.05, 0.1) is 31.3 Å². The Morgan fingerprint density at radius 3 is 2.37 bits per heavy atom. The van der Waals surface area contributed by atoms with Gasteiger partial charge < -0.3 is 19.5 Å². The van der Waals surface area contributed by atoms with E-state index >= 15 is 0 Å². The molecule has 0 atom stereocenters. The molecule has 6 heteroatoms. The molecule has 1 aliphatic rings. The van der Waals surface area contributed by atoms with Crippen molar-refractivity contribution < 1.29 is 29.1 Å². The number of ketones is 1. The molecule has 1 N–H and O–H groups in total. The molecule has 0 radical (unpaired) electrons. The Balaban J connectivity index is 1.88. The van der Waals surface area contributed by atoms with Gasteiger partial charge in [-0.3, -0.25) is 4.79 Å². The van der Waals surface area contributed by atoms with Crippen LogP contribution in [0.5, 0.6) is 11.5 Å². The van der Waals surface area contributed by atoms with E-state index in [1.165, 1.54) is 18.1 Å². The van der Waals surface area contributed by atoms with E-state index in [1.54, 1.807) is 36.4 Å². The maximum Gasteiger partial charge on any atom is 0.337 e. The number of ether oxygens (including phenoxy) is 2. The number of carbonyl (C=O) groups excluding carboxylic acids is 2. The van der Waals surface area contributed by atoms with E-state index in [0.717, 1.165) is 25.9 Å². The van der Waals surface area contributed by atoms with Crippen molar-refractivity contribution in [3.05, 3.63) is 64.4 Å². The first-order valence-electron chi connectivity index (χ1n) is 10.3. The molecule has 2 aromatic rings. The minimum atomic E-state index is -0.423. The number of carbonyl (C=O) groups is 2. The van der Waals surface area contributed by atoms with Gasteiger partial charge in [0.25, 0.3) is 0 Å². The summed E-state index contributed by atoms with van der Waals surface area (Å²) in [5, 5.41) is 12.6. The highest BCUT2D eigenvalue weighted by atomic mass is 16.5. The fourth-order valence-corrected chi connectivity index (χ4v) is 3.70. The molecular weight excluding hydrogens is 382 g/mol. The first-order valence-corrected chi connectivity index (χ1v) is 10.3. The summed E-state index contributed by atoms with van der Waals surface area (Å²) in [7, 11) is 1.33. The maximum atomic E-state index is 12.8. The highest BCUT2D eigenvalue weighted by molar-refractivity contribution is 6.15. The van der Waals surface area contributed by atoms with Crippen LogP contribution in [-0.2, 0) is 11.3 Å². The molecule has 0 spiro atoms. The van der Waals surface area contributed by atoms with Crippen LogP contribution < -0.4 is 14.7 Å². The van der Waals surface area contributed by atoms with Crippen LogP contribution in [0.4, 0.5) is 0 Å². The summed E-state index contributed by atoms with van der Waals surface area (Å²) >= 11 is 0. The number of quaternary nitrogens is 1. The lowest BCUT2D eigenvalue weighted by Crippen LogP contribution is -3.10. The van der Waals surface area contributed by atoms with Crippen LogP contribution in [0.25, 0.3) is 6.08 Å². The number of hydrogen-bond donors (Lipinski definition) is 1. The van der Waals surface area contributed by atoms with Crippen molar-refractivity contribution in [1.82, 2.24) is 0 Å². The third-order valence-electron chi connectivity index (χ3n) is 5.16. The van der Waals surface area contributed by atoms with Gasteiger partial charge in [0, 0.05) is 5.56 Å². The minimum absolute atomic E-state index is 0.102. The first kappa shape index (κ1) is 21.6. The fraction of sp³-hybridized carbons (Fsp3) is 0.333. The summed E-state index contributed by atoms with van der Waals surface area (Å²) in [5.41, 5.74) is 2.12. The Labute approximate surface area is 176 Å². The number of nitrogens with one attached hydrogen (secondary N) is 1. The molecule has 30 heavy (non-hydrogen) atoms. The Bertz CT molecular complexity index is 956. The normalized spacial score (nSPS) is 14.1. The van der Waals surface area contributed by atoms with E-state index in [4.69, 9.17) is 9.47 Å². The van der Waals surface area contributed by atoms with Crippen LogP contribution >= 0.6 is 0 Å². The van der Waals surface area contributed by atoms with Crippen LogP contribution in [0.3, 0.4) is 0 Å². The molecule has 0 bridgehead atoms. The molecule has 2 aromatic carbocycles. The van der Waals surface area contributed by atoms with E-state index in [9.17, 15) is 14.7 Å². The number of allylic oxidation sites excluding steroid dienone is 1. The summed E-state index contributed by atoms with van der Waals surface area (Å²) < 4.78 is 10.6.